The van der Waals surface area contributed by atoms with E-state index in [-0.39, 0.29) is 10.2 Å². The smallest absolute Gasteiger partial charge is 0.265 e. The lowest BCUT2D eigenvalue weighted by molar-refractivity contribution is 0.126. The standard InChI is InChI=1S/C14H12BrF2NO2/c1-8-6-9(19)2-3-10(8)12-5-4-11(15)14(20)18(12)7-13(16)17/h2-6,13,19H,7H2,1H3. The summed E-state index contributed by atoms with van der Waals surface area (Å²) in [4.78, 5) is 12.0. The Bertz CT molecular complexity index is 698. The Hall–Kier alpha value is -1.69. The molecule has 1 aromatic carbocycles. The monoisotopic (exact) mass is 343 g/mol. The summed E-state index contributed by atoms with van der Waals surface area (Å²) in [6.45, 7) is 1.07. The first-order chi connectivity index (χ1) is 9.40. The molecule has 2 rings (SSSR count). The van der Waals surface area contributed by atoms with Gasteiger partial charge in [-0.15, -0.1) is 0 Å². The van der Waals surface area contributed by atoms with Gasteiger partial charge in [0.25, 0.3) is 12.0 Å². The van der Waals surface area contributed by atoms with Crippen LogP contribution in [-0.4, -0.2) is 16.1 Å². The van der Waals surface area contributed by atoms with E-state index in [9.17, 15) is 18.7 Å². The average Bonchev–Trinajstić information content (AvgIpc) is 2.36. The maximum absolute atomic E-state index is 12.7. The van der Waals surface area contributed by atoms with Gasteiger partial charge in [-0.2, -0.15) is 0 Å². The third-order valence-corrected chi connectivity index (χ3v) is 3.54. The second-order valence-electron chi connectivity index (χ2n) is 4.37. The highest BCUT2D eigenvalue weighted by atomic mass is 79.9. The van der Waals surface area contributed by atoms with Crippen LogP contribution in [-0.2, 0) is 6.54 Å². The van der Waals surface area contributed by atoms with Crippen LogP contribution in [0.2, 0.25) is 0 Å². The maximum Gasteiger partial charge on any atom is 0.265 e. The molecule has 0 aliphatic rings. The Morgan fingerprint density at radius 3 is 2.60 bits per heavy atom. The highest BCUT2D eigenvalue weighted by Gasteiger charge is 2.15. The Balaban J connectivity index is 2.67. The lowest BCUT2D eigenvalue weighted by Crippen LogP contribution is -2.25. The molecule has 0 spiro atoms. The number of nitrogens with zero attached hydrogens (tertiary/aromatic N) is 1. The molecule has 0 unspecified atom stereocenters. The molecular weight excluding hydrogens is 332 g/mol. The molecule has 1 N–H and O–H groups in total. The van der Waals surface area contributed by atoms with Gasteiger partial charge in [-0.3, -0.25) is 4.79 Å². The zero-order valence-electron chi connectivity index (χ0n) is 10.6. The van der Waals surface area contributed by atoms with E-state index >= 15 is 0 Å². The SMILES string of the molecule is Cc1cc(O)ccc1-c1ccc(Br)c(=O)n1CC(F)F. The number of alkyl halides is 2. The molecule has 0 bridgehead atoms. The van der Waals surface area contributed by atoms with Gasteiger partial charge in [-0.1, -0.05) is 0 Å². The number of aromatic nitrogens is 1. The highest BCUT2D eigenvalue weighted by molar-refractivity contribution is 9.10. The molecule has 1 aromatic heterocycles. The van der Waals surface area contributed by atoms with E-state index in [1.807, 2.05) is 0 Å². The summed E-state index contributed by atoms with van der Waals surface area (Å²) in [6, 6.07) is 7.73. The molecule has 6 heteroatoms. The minimum absolute atomic E-state index is 0.0890. The largest absolute Gasteiger partial charge is 0.508 e. The molecule has 0 saturated carbocycles. The van der Waals surface area contributed by atoms with Crippen molar-refractivity contribution in [2.24, 2.45) is 0 Å². The predicted octanol–water partition coefficient (Wildman–Crippen LogP) is 3.56. The number of hydrogen-bond acceptors (Lipinski definition) is 2. The molecule has 2 aromatic rings. The van der Waals surface area contributed by atoms with Crippen LogP contribution in [0.5, 0.6) is 5.75 Å². The van der Waals surface area contributed by atoms with Crippen LogP contribution in [0.1, 0.15) is 5.56 Å². The Labute approximate surface area is 122 Å². The third kappa shape index (κ3) is 2.90. The summed E-state index contributed by atoms with van der Waals surface area (Å²) in [5.74, 6) is 0.0890. The molecule has 0 amide bonds. The van der Waals surface area contributed by atoms with Gasteiger partial charge < -0.3 is 9.67 Å². The summed E-state index contributed by atoms with van der Waals surface area (Å²) in [6.07, 6.45) is -2.63. The van der Waals surface area contributed by atoms with E-state index in [1.165, 1.54) is 18.2 Å². The van der Waals surface area contributed by atoms with Gasteiger partial charge in [0.05, 0.1) is 16.7 Å². The van der Waals surface area contributed by atoms with Gasteiger partial charge in [-0.25, -0.2) is 8.78 Å². The quantitative estimate of drug-likeness (QED) is 0.925. The summed E-state index contributed by atoms with van der Waals surface area (Å²) >= 11 is 3.05. The van der Waals surface area contributed by atoms with Gasteiger partial charge in [0.2, 0.25) is 0 Å². The van der Waals surface area contributed by atoms with Crippen molar-refractivity contribution >= 4 is 15.9 Å². The van der Waals surface area contributed by atoms with Gasteiger partial charge in [0.1, 0.15) is 5.75 Å². The van der Waals surface area contributed by atoms with Crippen molar-refractivity contribution in [3.63, 3.8) is 0 Å². The molecule has 20 heavy (non-hydrogen) atoms. The number of halogens is 3. The summed E-state index contributed by atoms with van der Waals surface area (Å²) in [5, 5.41) is 9.40. The van der Waals surface area contributed by atoms with Crippen LogP contribution >= 0.6 is 15.9 Å². The van der Waals surface area contributed by atoms with E-state index in [4.69, 9.17) is 0 Å². The van der Waals surface area contributed by atoms with E-state index in [2.05, 4.69) is 15.9 Å². The van der Waals surface area contributed by atoms with Crippen LogP contribution < -0.4 is 5.56 Å². The number of pyridine rings is 1. The second kappa shape index (κ2) is 5.75. The first-order valence-electron chi connectivity index (χ1n) is 5.87. The fraction of sp³-hybridized carbons (Fsp3) is 0.214. The molecule has 3 nitrogen and oxygen atoms in total. The van der Waals surface area contributed by atoms with E-state index in [0.717, 1.165) is 4.57 Å². The van der Waals surface area contributed by atoms with Crippen LogP contribution in [0.3, 0.4) is 0 Å². The summed E-state index contributed by atoms with van der Waals surface area (Å²) in [5.41, 5.74) is 1.23. The average molecular weight is 344 g/mol. The fourth-order valence-electron chi connectivity index (χ4n) is 2.04. The molecule has 1 heterocycles. The van der Waals surface area contributed by atoms with E-state index < -0.39 is 18.5 Å². The molecule has 0 radical (unpaired) electrons. The van der Waals surface area contributed by atoms with Gasteiger partial charge in [0.15, 0.2) is 0 Å². The highest BCUT2D eigenvalue weighted by Crippen LogP contribution is 2.26. The first kappa shape index (κ1) is 14.7. The Kier molecular flexibility index (Phi) is 4.23. The minimum Gasteiger partial charge on any atom is -0.508 e. The molecular formula is C14H12BrF2NO2. The van der Waals surface area contributed by atoms with Crippen molar-refractivity contribution in [1.82, 2.24) is 4.57 Å². The molecule has 0 atom stereocenters. The lowest BCUT2D eigenvalue weighted by atomic mass is 10.0. The van der Waals surface area contributed by atoms with Crippen molar-refractivity contribution in [2.45, 2.75) is 19.9 Å². The molecule has 0 fully saturated rings. The zero-order valence-corrected chi connectivity index (χ0v) is 12.2. The number of phenolic OH excluding ortho intramolecular Hbond substituents is 1. The lowest BCUT2D eigenvalue weighted by Gasteiger charge is -2.15. The Morgan fingerprint density at radius 2 is 2.00 bits per heavy atom. The fourth-order valence-corrected chi connectivity index (χ4v) is 2.39. The first-order valence-corrected chi connectivity index (χ1v) is 6.67. The predicted molar refractivity (Wildman–Crippen MR) is 76.2 cm³/mol. The third-order valence-electron chi connectivity index (χ3n) is 2.93. The van der Waals surface area contributed by atoms with Crippen molar-refractivity contribution in [3.8, 4) is 17.0 Å². The van der Waals surface area contributed by atoms with Gasteiger partial charge >= 0.3 is 0 Å². The van der Waals surface area contributed by atoms with E-state index in [1.54, 1.807) is 19.1 Å². The van der Waals surface area contributed by atoms with Crippen molar-refractivity contribution in [3.05, 3.63) is 50.7 Å². The Morgan fingerprint density at radius 1 is 1.30 bits per heavy atom. The van der Waals surface area contributed by atoms with Crippen LogP contribution in [0.25, 0.3) is 11.3 Å². The molecule has 0 aliphatic heterocycles. The topological polar surface area (TPSA) is 42.2 Å². The number of aromatic hydroxyl groups is 1. The summed E-state index contributed by atoms with van der Waals surface area (Å²) < 4.78 is 26.6. The number of phenols is 1. The number of aryl methyl sites for hydroxylation is 1. The number of rotatable bonds is 3. The van der Waals surface area contributed by atoms with Gasteiger partial charge in [-0.05, 0) is 58.7 Å². The molecule has 0 saturated heterocycles. The van der Waals surface area contributed by atoms with Crippen molar-refractivity contribution < 1.29 is 13.9 Å². The van der Waals surface area contributed by atoms with Crippen LogP contribution in [0.15, 0.2) is 39.6 Å². The summed E-state index contributed by atoms with van der Waals surface area (Å²) in [7, 11) is 0. The van der Waals surface area contributed by atoms with Crippen molar-refractivity contribution in [2.75, 3.05) is 0 Å². The molecule has 106 valence electrons. The van der Waals surface area contributed by atoms with Gasteiger partial charge in [0, 0.05) is 5.56 Å². The zero-order chi connectivity index (χ0) is 14.9. The van der Waals surface area contributed by atoms with E-state index in [0.29, 0.717) is 16.8 Å². The number of hydrogen-bond donors (Lipinski definition) is 1. The van der Waals surface area contributed by atoms with Crippen LogP contribution in [0, 0.1) is 6.92 Å². The molecule has 0 aliphatic carbocycles. The maximum atomic E-state index is 12.7. The van der Waals surface area contributed by atoms with Crippen molar-refractivity contribution in [1.29, 1.82) is 0 Å². The number of benzene rings is 1. The normalized spacial score (nSPS) is 11.1. The second-order valence-corrected chi connectivity index (χ2v) is 5.23. The van der Waals surface area contributed by atoms with Crippen LogP contribution in [0.4, 0.5) is 8.78 Å². The minimum atomic E-state index is -2.63.